The highest BCUT2D eigenvalue weighted by atomic mass is 35.5. The van der Waals surface area contributed by atoms with Gasteiger partial charge in [-0.15, -0.1) is 24.8 Å². The first-order chi connectivity index (χ1) is 12.3. The fourth-order valence-electron chi connectivity index (χ4n) is 4.46. The molecule has 1 amide bonds. The summed E-state index contributed by atoms with van der Waals surface area (Å²) >= 11 is 0. The summed E-state index contributed by atoms with van der Waals surface area (Å²) in [5.74, 6) is 0.815. The minimum absolute atomic E-state index is 0. The molecule has 2 heterocycles. The molecule has 0 bridgehead atoms. The molecule has 3 fully saturated rings. The molecule has 0 spiro atoms. The Balaban J connectivity index is 0.00000131. The summed E-state index contributed by atoms with van der Waals surface area (Å²) in [4.78, 5) is 15.0. The Morgan fingerprint density at radius 3 is 2.52 bits per heavy atom. The van der Waals surface area contributed by atoms with Crippen molar-refractivity contribution in [2.45, 2.75) is 50.7 Å². The van der Waals surface area contributed by atoms with E-state index < -0.39 is 0 Å². The van der Waals surface area contributed by atoms with Crippen LogP contribution in [0.5, 0.6) is 0 Å². The van der Waals surface area contributed by atoms with Gasteiger partial charge in [0.2, 0.25) is 5.91 Å². The van der Waals surface area contributed by atoms with Gasteiger partial charge in [-0.05, 0) is 42.9 Å². The minimum atomic E-state index is -0.0267. The predicted molar refractivity (Wildman–Crippen MR) is 113 cm³/mol. The van der Waals surface area contributed by atoms with E-state index in [2.05, 4.69) is 27.7 Å². The van der Waals surface area contributed by atoms with E-state index in [4.69, 9.17) is 4.74 Å². The van der Waals surface area contributed by atoms with Gasteiger partial charge in [0.25, 0.3) is 0 Å². The monoisotopic (exact) mass is 415 g/mol. The molecule has 3 aliphatic rings. The molecule has 3 unspecified atom stereocenters. The number of anilines is 1. The van der Waals surface area contributed by atoms with E-state index in [1.165, 1.54) is 31.2 Å². The van der Waals surface area contributed by atoms with Crippen molar-refractivity contribution in [1.29, 1.82) is 0 Å². The lowest BCUT2D eigenvalue weighted by Gasteiger charge is -2.26. The highest BCUT2D eigenvalue weighted by molar-refractivity contribution is 5.95. The Labute approximate surface area is 174 Å². The van der Waals surface area contributed by atoms with E-state index in [1.807, 2.05) is 12.1 Å². The summed E-state index contributed by atoms with van der Waals surface area (Å²) in [6, 6.07) is 8.81. The molecule has 2 aliphatic heterocycles. The lowest BCUT2D eigenvalue weighted by molar-refractivity contribution is -0.117. The fourth-order valence-corrected chi connectivity index (χ4v) is 4.46. The lowest BCUT2D eigenvalue weighted by atomic mass is 9.85. The van der Waals surface area contributed by atoms with E-state index in [-0.39, 0.29) is 36.8 Å². The van der Waals surface area contributed by atoms with Crippen LogP contribution in [0, 0.1) is 5.92 Å². The van der Waals surface area contributed by atoms with Crippen LogP contribution in [0.2, 0.25) is 0 Å². The topological polar surface area (TPSA) is 53.6 Å². The number of morpholine rings is 1. The number of amides is 1. The molecule has 152 valence electrons. The van der Waals surface area contributed by atoms with Crippen LogP contribution in [-0.2, 0) is 16.1 Å². The zero-order chi connectivity index (χ0) is 17.1. The largest absolute Gasteiger partial charge is 0.379 e. The van der Waals surface area contributed by atoms with Crippen LogP contribution in [-0.4, -0.2) is 49.2 Å². The smallest absolute Gasteiger partial charge is 0.241 e. The standard InChI is InChI=1S/C20H29N3O2.2ClH/c24-20(19-13-16-3-1-2-4-18(16)22-19)21-17-7-5-15(6-8-17)14-23-9-11-25-12-10-23;;/h5-8,16,18-19,22H,1-4,9-14H2,(H,21,24);2*1H. The second kappa shape index (κ2) is 10.6. The van der Waals surface area contributed by atoms with Gasteiger partial charge >= 0.3 is 0 Å². The third-order valence-electron chi connectivity index (χ3n) is 5.91. The van der Waals surface area contributed by atoms with Crippen molar-refractivity contribution in [3.05, 3.63) is 29.8 Å². The van der Waals surface area contributed by atoms with Gasteiger partial charge in [0.05, 0.1) is 19.3 Å². The number of rotatable bonds is 4. The maximum atomic E-state index is 12.6. The van der Waals surface area contributed by atoms with Gasteiger partial charge in [-0.2, -0.15) is 0 Å². The molecule has 5 nitrogen and oxygen atoms in total. The van der Waals surface area contributed by atoms with Crippen LogP contribution in [0.1, 0.15) is 37.7 Å². The Morgan fingerprint density at radius 1 is 1.11 bits per heavy atom. The summed E-state index contributed by atoms with van der Waals surface area (Å²) in [6.45, 7) is 4.59. The Hall–Kier alpha value is -0.850. The number of ether oxygens (including phenoxy) is 1. The van der Waals surface area contributed by atoms with Gasteiger partial charge in [0.15, 0.2) is 0 Å². The van der Waals surface area contributed by atoms with Gasteiger partial charge < -0.3 is 15.4 Å². The first-order valence-electron chi connectivity index (χ1n) is 9.74. The zero-order valence-corrected chi connectivity index (χ0v) is 17.3. The summed E-state index contributed by atoms with van der Waals surface area (Å²) in [5, 5.41) is 6.64. The molecule has 0 aromatic heterocycles. The summed E-state index contributed by atoms with van der Waals surface area (Å²) in [5.41, 5.74) is 2.18. The van der Waals surface area contributed by atoms with Crippen molar-refractivity contribution in [3.8, 4) is 0 Å². The second-order valence-corrected chi connectivity index (χ2v) is 7.68. The molecule has 2 N–H and O–H groups in total. The van der Waals surface area contributed by atoms with E-state index in [1.54, 1.807) is 0 Å². The number of carbonyl (C=O) groups is 1. The van der Waals surface area contributed by atoms with Crippen LogP contribution in [0.4, 0.5) is 5.69 Å². The number of fused-ring (bicyclic) bond motifs is 1. The Bertz CT molecular complexity index is 579. The number of halogens is 2. The minimum Gasteiger partial charge on any atom is -0.379 e. The van der Waals surface area contributed by atoms with Gasteiger partial charge in [-0.3, -0.25) is 9.69 Å². The van der Waals surface area contributed by atoms with Crippen LogP contribution in [0.15, 0.2) is 24.3 Å². The average molecular weight is 416 g/mol. The normalized spacial score (nSPS) is 27.8. The van der Waals surface area contributed by atoms with Gasteiger partial charge in [-0.25, -0.2) is 0 Å². The van der Waals surface area contributed by atoms with Crippen molar-refractivity contribution in [2.24, 2.45) is 5.92 Å². The number of nitrogens with one attached hydrogen (secondary N) is 2. The zero-order valence-electron chi connectivity index (χ0n) is 15.7. The molecule has 0 radical (unpaired) electrons. The summed E-state index contributed by atoms with van der Waals surface area (Å²) < 4.78 is 5.39. The second-order valence-electron chi connectivity index (χ2n) is 7.68. The number of hydrogen-bond donors (Lipinski definition) is 2. The van der Waals surface area contributed by atoms with Crippen molar-refractivity contribution < 1.29 is 9.53 Å². The molecule has 3 atom stereocenters. The summed E-state index contributed by atoms with van der Waals surface area (Å²) in [7, 11) is 0. The summed E-state index contributed by atoms with van der Waals surface area (Å²) in [6.07, 6.45) is 6.11. The quantitative estimate of drug-likeness (QED) is 0.792. The van der Waals surface area contributed by atoms with Crippen molar-refractivity contribution in [1.82, 2.24) is 10.2 Å². The average Bonchev–Trinajstić information content (AvgIpc) is 3.09. The Kier molecular flexibility index (Phi) is 8.83. The van der Waals surface area contributed by atoms with E-state index in [9.17, 15) is 4.79 Å². The third kappa shape index (κ3) is 5.81. The predicted octanol–water partition coefficient (Wildman–Crippen LogP) is 3.22. The molecular formula is C20H31Cl2N3O2. The van der Waals surface area contributed by atoms with Crippen molar-refractivity contribution >= 4 is 36.4 Å². The van der Waals surface area contributed by atoms with E-state index in [0.29, 0.717) is 12.0 Å². The third-order valence-corrected chi connectivity index (χ3v) is 5.91. The van der Waals surface area contributed by atoms with E-state index in [0.717, 1.165) is 45.0 Å². The fraction of sp³-hybridized carbons (Fsp3) is 0.650. The molecule has 4 rings (SSSR count). The van der Waals surface area contributed by atoms with Crippen LogP contribution in [0.25, 0.3) is 0 Å². The Morgan fingerprint density at radius 2 is 1.81 bits per heavy atom. The molecule has 2 saturated heterocycles. The molecular weight excluding hydrogens is 385 g/mol. The molecule has 1 aromatic carbocycles. The number of hydrogen-bond acceptors (Lipinski definition) is 4. The van der Waals surface area contributed by atoms with Gasteiger partial charge in [-0.1, -0.05) is 25.0 Å². The molecule has 1 aromatic rings. The lowest BCUT2D eigenvalue weighted by Crippen LogP contribution is -2.39. The van der Waals surface area contributed by atoms with Gasteiger partial charge in [0, 0.05) is 31.4 Å². The maximum absolute atomic E-state index is 12.6. The molecule has 1 saturated carbocycles. The first-order valence-corrected chi connectivity index (χ1v) is 9.74. The maximum Gasteiger partial charge on any atom is 0.241 e. The molecule has 27 heavy (non-hydrogen) atoms. The highest BCUT2D eigenvalue weighted by Crippen LogP contribution is 2.33. The van der Waals surface area contributed by atoms with Crippen molar-refractivity contribution in [2.75, 3.05) is 31.6 Å². The SMILES string of the molecule is Cl.Cl.O=C(Nc1ccc(CN2CCOCC2)cc1)C1CC2CCCCC2N1. The molecule has 1 aliphatic carbocycles. The van der Waals surface area contributed by atoms with Crippen molar-refractivity contribution in [3.63, 3.8) is 0 Å². The number of benzene rings is 1. The highest BCUT2D eigenvalue weighted by Gasteiger charge is 2.38. The van der Waals surface area contributed by atoms with Crippen LogP contribution < -0.4 is 10.6 Å². The number of carbonyl (C=O) groups excluding carboxylic acids is 1. The van der Waals surface area contributed by atoms with Gasteiger partial charge in [0.1, 0.15) is 0 Å². The molecule has 7 heteroatoms. The van der Waals surface area contributed by atoms with Crippen LogP contribution >= 0.6 is 24.8 Å². The number of nitrogens with zero attached hydrogens (tertiary/aromatic N) is 1. The van der Waals surface area contributed by atoms with E-state index >= 15 is 0 Å². The first kappa shape index (κ1) is 22.4. The van der Waals surface area contributed by atoms with Crippen LogP contribution in [0.3, 0.4) is 0 Å².